The Bertz CT molecular complexity index is 663. The lowest BCUT2D eigenvalue weighted by Gasteiger charge is -2.27. The van der Waals surface area contributed by atoms with Crippen LogP contribution < -0.4 is 0 Å². The number of aliphatic hydroxyl groups is 1. The van der Waals surface area contributed by atoms with Gasteiger partial charge in [0.1, 0.15) is 6.10 Å². The van der Waals surface area contributed by atoms with Gasteiger partial charge in [-0.2, -0.15) is 10.2 Å². The number of hydrogen-bond acceptors (Lipinski definition) is 4. The number of aliphatic hydroxyl groups excluding tert-OH is 1. The molecule has 6 nitrogen and oxygen atoms in total. The Labute approximate surface area is 134 Å². The Kier molecular flexibility index (Phi) is 3.68. The van der Waals surface area contributed by atoms with Gasteiger partial charge < -0.3 is 5.11 Å². The van der Waals surface area contributed by atoms with Crippen molar-refractivity contribution in [3.8, 4) is 0 Å². The van der Waals surface area contributed by atoms with E-state index in [-0.39, 0.29) is 6.10 Å². The molecule has 0 aromatic carbocycles. The molecule has 2 aromatic rings. The first kappa shape index (κ1) is 14.2. The van der Waals surface area contributed by atoms with Crippen molar-refractivity contribution in [2.75, 3.05) is 13.1 Å². The van der Waals surface area contributed by atoms with Crippen LogP contribution in [0.25, 0.3) is 0 Å². The first-order valence-electron chi connectivity index (χ1n) is 7.84. The maximum atomic E-state index is 10.2. The molecule has 2 aliphatic rings. The molecule has 1 aliphatic heterocycles. The largest absolute Gasteiger partial charge is 0.386 e. The minimum absolute atomic E-state index is 0.377. The van der Waals surface area contributed by atoms with Gasteiger partial charge in [0, 0.05) is 25.8 Å². The molecule has 118 valence electrons. The summed E-state index contributed by atoms with van der Waals surface area (Å²) < 4.78 is 3.92. The highest BCUT2D eigenvalue weighted by molar-refractivity contribution is 6.30. The van der Waals surface area contributed by atoms with Crippen molar-refractivity contribution in [3.63, 3.8) is 0 Å². The predicted octanol–water partition coefficient (Wildman–Crippen LogP) is 1.69. The molecule has 0 radical (unpaired) electrons. The van der Waals surface area contributed by atoms with Gasteiger partial charge in [-0.05, 0) is 24.8 Å². The van der Waals surface area contributed by atoms with Gasteiger partial charge in [0.25, 0.3) is 0 Å². The third kappa shape index (κ3) is 2.91. The molecule has 22 heavy (non-hydrogen) atoms. The molecule has 0 spiro atoms. The maximum absolute atomic E-state index is 10.2. The smallest absolute Gasteiger partial charge is 0.101 e. The molecule has 3 heterocycles. The summed E-state index contributed by atoms with van der Waals surface area (Å²) >= 11 is 5.88. The second-order valence-electron chi connectivity index (χ2n) is 6.26. The lowest BCUT2D eigenvalue weighted by Crippen LogP contribution is -2.36. The summed E-state index contributed by atoms with van der Waals surface area (Å²) in [6.45, 7) is 4.50. The molecule has 1 atom stereocenters. The molecule has 1 N–H and O–H groups in total. The third-order valence-corrected chi connectivity index (χ3v) is 4.71. The molecule has 1 saturated carbocycles. The molecule has 1 unspecified atom stereocenters. The van der Waals surface area contributed by atoms with Crippen molar-refractivity contribution in [2.45, 2.75) is 38.6 Å². The Morgan fingerprint density at radius 3 is 2.91 bits per heavy atom. The normalized spacial score (nSPS) is 20.1. The van der Waals surface area contributed by atoms with Crippen molar-refractivity contribution in [1.29, 1.82) is 0 Å². The van der Waals surface area contributed by atoms with E-state index < -0.39 is 0 Å². The van der Waals surface area contributed by atoms with Crippen LogP contribution >= 0.6 is 11.6 Å². The molecule has 2 aromatic heterocycles. The van der Waals surface area contributed by atoms with Gasteiger partial charge in [0.05, 0.1) is 35.7 Å². The van der Waals surface area contributed by atoms with Crippen LogP contribution in [-0.2, 0) is 19.6 Å². The van der Waals surface area contributed by atoms with Crippen LogP contribution in [0.15, 0.2) is 18.5 Å². The third-order valence-electron chi connectivity index (χ3n) is 4.51. The summed E-state index contributed by atoms with van der Waals surface area (Å²) in [4.78, 5) is 2.39. The average Bonchev–Trinajstić information content (AvgIpc) is 3.15. The van der Waals surface area contributed by atoms with E-state index in [9.17, 15) is 5.11 Å². The van der Waals surface area contributed by atoms with Crippen molar-refractivity contribution >= 4 is 11.6 Å². The SMILES string of the molecule is OC(c1cc2n(n1)CCN(CCn1cc(Cl)cn1)C2)C1CC1. The van der Waals surface area contributed by atoms with E-state index in [0.717, 1.165) is 51.3 Å². The van der Waals surface area contributed by atoms with Gasteiger partial charge in [0.2, 0.25) is 0 Å². The molecular weight excluding hydrogens is 302 g/mol. The van der Waals surface area contributed by atoms with Crippen LogP contribution in [0.2, 0.25) is 5.02 Å². The summed E-state index contributed by atoms with van der Waals surface area (Å²) in [6.07, 6.45) is 5.39. The molecule has 4 rings (SSSR count). The Morgan fingerprint density at radius 1 is 1.32 bits per heavy atom. The Morgan fingerprint density at radius 2 is 2.18 bits per heavy atom. The van der Waals surface area contributed by atoms with Crippen LogP contribution in [0.5, 0.6) is 0 Å². The first-order chi connectivity index (χ1) is 10.7. The van der Waals surface area contributed by atoms with Gasteiger partial charge in [-0.1, -0.05) is 11.6 Å². The van der Waals surface area contributed by atoms with E-state index in [4.69, 9.17) is 11.6 Å². The zero-order valence-electron chi connectivity index (χ0n) is 12.4. The first-order valence-corrected chi connectivity index (χ1v) is 8.22. The maximum Gasteiger partial charge on any atom is 0.101 e. The van der Waals surface area contributed by atoms with Gasteiger partial charge in [-0.25, -0.2) is 0 Å². The van der Waals surface area contributed by atoms with Crippen molar-refractivity contribution < 1.29 is 5.11 Å². The topological polar surface area (TPSA) is 59.1 Å². The molecule has 0 amide bonds. The highest BCUT2D eigenvalue weighted by Crippen LogP contribution is 2.40. The number of nitrogens with zero attached hydrogens (tertiary/aromatic N) is 5. The molecule has 1 fully saturated rings. The average molecular weight is 322 g/mol. The zero-order valence-corrected chi connectivity index (χ0v) is 13.2. The second kappa shape index (κ2) is 5.68. The van der Waals surface area contributed by atoms with Crippen molar-refractivity contribution in [1.82, 2.24) is 24.5 Å². The summed E-state index contributed by atoms with van der Waals surface area (Å²) in [5.41, 5.74) is 2.04. The number of rotatable bonds is 5. The van der Waals surface area contributed by atoms with E-state index in [1.165, 1.54) is 5.69 Å². The summed E-state index contributed by atoms with van der Waals surface area (Å²) in [6, 6.07) is 2.07. The number of halogens is 1. The summed E-state index contributed by atoms with van der Waals surface area (Å²) in [7, 11) is 0. The minimum Gasteiger partial charge on any atom is -0.386 e. The fourth-order valence-corrected chi connectivity index (χ4v) is 3.19. The van der Waals surface area contributed by atoms with E-state index >= 15 is 0 Å². The number of aromatic nitrogens is 4. The second-order valence-corrected chi connectivity index (χ2v) is 6.70. The van der Waals surface area contributed by atoms with E-state index in [2.05, 4.69) is 21.2 Å². The van der Waals surface area contributed by atoms with Crippen LogP contribution in [0.4, 0.5) is 0 Å². The Balaban J connectivity index is 1.38. The lowest BCUT2D eigenvalue weighted by molar-refractivity contribution is 0.147. The highest BCUT2D eigenvalue weighted by Gasteiger charge is 2.33. The molecule has 1 aliphatic carbocycles. The Hall–Kier alpha value is -1.37. The van der Waals surface area contributed by atoms with Crippen LogP contribution in [-0.4, -0.2) is 42.7 Å². The summed E-state index contributed by atoms with van der Waals surface area (Å²) in [5, 5.41) is 19.7. The molecular formula is C15H20ClN5O. The molecule has 0 saturated heterocycles. The molecule has 7 heteroatoms. The van der Waals surface area contributed by atoms with E-state index in [0.29, 0.717) is 10.9 Å². The van der Waals surface area contributed by atoms with E-state index in [1.807, 2.05) is 15.6 Å². The quantitative estimate of drug-likeness (QED) is 0.910. The van der Waals surface area contributed by atoms with Gasteiger partial charge in [-0.15, -0.1) is 0 Å². The molecule has 0 bridgehead atoms. The van der Waals surface area contributed by atoms with Crippen molar-refractivity contribution in [3.05, 3.63) is 34.9 Å². The minimum atomic E-state index is -0.377. The van der Waals surface area contributed by atoms with Gasteiger partial charge in [0.15, 0.2) is 0 Å². The fraction of sp³-hybridized carbons (Fsp3) is 0.600. The van der Waals surface area contributed by atoms with Crippen LogP contribution in [0.1, 0.15) is 30.3 Å². The number of fused-ring (bicyclic) bond motifs is 1. The van der Waals surface area contributed by atoms with Crippen LogP contribution in [0, 0.1) is 5.92 Å². The van der Waals surface area contributed by atoms with Crippen molar-refractivity contribution in [2.24, 2.45) is 5.92 Å². The lowest BCUT2D eigenvalue weighted by atomic mass is 10.1. The standard InChI is InChI=1S/C15H20ClN5O/c16-12-8-17-20(9-12)5-3-19-4-6-21-13(10-19)7-14(18-21)15(22)11-1-2-11/h7-9,11,15,22H,1-6,10H2. The van der Waals surface area contributed by atoms with Crippen LogP contribution in [0.3, 0.4) is 0 Å². The van der Waals surface area contributed by atoms with Gasteiger partial charge in [-0.3, -0.25) is 14.3 Å². The predicted molar refractivity (Wildman–Crippen MR) is 82.4 cm³/mol. The summed E-state index contributed by atoms with van der Waals surface area (Å²) in [5.74, 6) is 0.428. The van der Waals surface area contributed by atoms with E-state index in [1.54, 1.807) is 6.20 Å². The number of hydrogen-bond donors (Lipinski definition) is 1. The zero-order chi connectivity index (χ0) is 15.1. The fourth-order valence-electron chi connectivity index (χ4n) is 3.04. The highest BCUT2D eigenvalue weighted by atomic mass is 35.5. The van der Waals surface area contributed by atoms with Gasteiger partial charge >= 0.3 is 0 Å². The monoisotopic (exact) mass is 321 g/mol.